The Bertz CT molecular complexity index is 465. The number of halogens is 1. The Kier molecular flexibility index (Phi) is 5.56. The Hall–Kier alpha value is -1.17. The van der Waals surface area contributed by atoms with Crippen molar-refractivity contribution < 1.29 is 19.3 Å². The maximum atomic E-state index is 13.3. The molecule has 0 aliphatic heterocycles. The summed E-state index contributed by atoms with van der Waals surface area (Å²) in [5, 5.41) is 20.4. The number of nitrogens with zero attached hydrogens (tertiary/aromatic N) is 1. The van der Waals surface area contributed by atoms with Crippen LogP contribution in [0, 0.1) is 5.82 Å². The molecule has 1 aromatic carbocycles. The summed E-state index contributed by atoms with van der Waals surface area (Å²) in [5.41, 5.74) is 0.635. The van der Waals surface area contributed by atoms with Crippen molar-refractivity contribution in [2.24, 2.45) is 0 Å². The van der Waals surface area contributed by atoms with Gasteiger partial charge in [0.2, 0.25) is 0 Å². The van der Waals surface area contributed by atoms with Crippen LogP contribution in [0.1, 0.15) is 37.7 Å². The van der Waals surface area contributed by atoms with Crippen molar-refractivity contribution in [3.05, 3.63) is 29.6 Å². The number of benzene rings is 1. The van der Waals surface area contributed by atoms with Crippen molar-refractivity contribution in [2.45, 2.75) is 44.4 Å². The zero-order valence-corrected chi connectivity index (χ0v) is 12.6. The molecule has 1 aliphatic carbocycles. The summed E-state index contributed by atoms with van der Waals surface area (Å²) < 4.78 is 18.5. The first-order chi connectivity index (χ1) is 10.1. The summed E-state index contributed by atoms with van der Waals surface area (Å²) in [4.78, 5) is 2.03. The number of ether oxygens (including phenoxy) is 1. The molecule has 0 amide bonds. The van der Waals surface area contributed by atoms with Gasteiger partial charge in [0.05, 0.1) is 19.6 Å². The lowest BCUT2D eigenvalue weighted by Gasteiger charge is -2.33. The van der Waals surface area contributed by atoms with Crippen LogP contribution < -0.4 is 4.74 Å². The smallest absolute Gasteiger partial charge is 0.126 e. The van der Waals surface area contributed by atoms with E-state index in [0.717, 1.165) is 25.8 Å². The second-order valence-electron chi connectivity index (χ2n) is 5.56. The van der Waals surface area contributed by atoms with Gasteiger partial charge in [0.25, 0.3) is 0 Å². The summed E-state index contributed by atoms with van der Waals surface area (Å²) in [6.07, 6.45) is 2.31. The Morgan fingerprint density at radius 3 is 2.67 bits per heavy atom. The molecule has 0 bridgehead atoms. The van der Waals surface area contributed by atoms with Gasteiger partial charge in [-0.3, -0.25) is 4.90 Å². The molecule has 0 saturated heterocycles. The Morgan fingerprint density at radius 2 is 2.14 bits per heavy atom. The van der Waals surface area contributed by atoms with Gasteiger partial charge in [-0.2, -0.15) is 0 Å². The summed E-state index contributed by atoms with van der Waals surface area (Å²) in [5.74, 6) is -0.539. The van der Waals surface area contributed by atoms with E-state index in [4.69, 9.17) is 4.74 Å². The highest BCUT2D eigenvalue weighted by Crippen LogP contribution is 2.35. The van der Waals surface area contributed by atoms with E-state index in [1.54, 1.807) is 6.07 Å². The van der Waals surface area contributed by atoms with Crippen LogP contribution >= 0.6 is 0 Å². The average molecular weight is 297 g/mol. The minimum atomic E-state index is -0.790. The predicted octanol–water partition coefficient (Wildman–Crippen LogP) is 2.10. The first kappa shape index (κ1) is 16.2. The molecule has 0 spiro atoms. The molecule has 0 heterocycles. The lowest BCUT2D eigenvalue weighted by atomic mass is 9.96. The fraction of sp³-hybridized carbons (Fsp3) is 0.625. The van der Waals surface area contributed by atoms with Gasteiger partial charge in [0.15, 0.2) is 0 Å². The van der Waals surface area contributed by atoms with Crippen LogP contribution in [-0.2, 0) is 0 Å². The van der Waals surface area contributed by atoms with E-state index >= 15 is 0 Å². The third-order valence-electron chi connectivity index (χ3n) is 3.99. The maximum absolute atomic E-state index is 13.3. The van der Waals surface area contributed by atoms with E-state index in [1.807, 2.05) is 4.90 Å². The molecule has 1 aromatic rings. The van der Waals surface area contributed by atoms with Gasteiger partial charge in [-0.05, 0) is 25.3 Å². The molecule has 2 unspecified atom stereocenters. The molecular weight excluding hydrogens is 273 g/mol. The van der Waals surface area contributed by atoms with Crippen LogP contribution in [0.4, 0.5) is 4.39 Å². The fourth-order valence-electron chi connectivity index (χ4n) is 2.77. The predicted molar refractivity (Wildman–Crippen MR) is 78.8 cm³/mol. The minimum absolute atomic E-state index is 0.212. The van der Waals surface area contributed by atoms with Gasteiger partial charge in [-0.25, -0.2) is 4.39 Å². The normalized spacial score (nSPS) is 17.8. The van der Waals surface area contributed by atoms with Crippen LogP contribution in [0.2, 0.25) is 0 Å². The van der Waals surface area contributed by atoms with Crippen molar-refractivity contribution in [3.8, 4) is 5.75 Å². The van der Waals surface area contributed by atoms with Crippen molar-refractivity contribution >= 4 is 0 Å². The first-order valence-corrected chi connectivity index (χ1v) is 7.50. The molecule has 2 N–H and O–H groups in total. The topological polar surface area (TPSA) is 52.9 Å². The molecule has 1 fully saturated rings. The molecule has 0 radical (unpaired) electrons. The lowest BCUT2D eigenvalue weighted by Crippen LogP contribution is -2.42. The van der Waals surface area contributed by atoms with Crippen molar-refractivity contribution in [1.82, 2.24) is 4.90 Å². The largest absolute Gasteiger partial charge is 0.496 e. The van der Waals surface area contributed by atoms with Crippen LogP contribution in [0.5, 0.6) is 5.75 Å². The lowest BCUT2D eigenvalue weighted by molar-refractivity contribution is -0.0353. The van der Waals surface area contributed by atoms with Crippen molar-refractivity contribution in [2.75, 3.05) is 20.3 Å². The highest BCUT2D eigenvalue weighted by molar-refractivity contribution is 5.37. The summed E-state index contributed by atoms with van der Waals surface area (Å²) >= 11 is 0. The molecule has 2 atom stereocenters. The van der Waals surface area contributed by atoms with E-state index in [1.165, 1.54) is 19.2 Å². The summed E-state index contributed by atoms with van der Waals surface area (Å²) in [7, 11) is 1.46. The van der Waals surface area contributed by atoms with E-state index in [2.05, 4.69) is 6.92 Å². The molecule has 118 valence electrons. The van der Waals surface area contributed by atoms with Crippen LogP contribution in [0.25, 0.3) is 0 Å². The number of aliphatic hydroxyl groups is 2. The van der Waals surface area contributed by atoms with Crippen LogP contribution in [-0.4, -0.2) is 47.6 Å². The van der Waals surface area contributed by atoms with E-state index in [9.17, 15) is 14.6 Å². The first-order valence-electron chi connectivity index (χ1n) is 7.50. The molecule has 1 saturated carbocycles. The Morgan fingerprint density at radius 1 is 1.43 bits per heavy atom. The number of hydrogen-bond donors (Lipinski definition) is 2. The molecule has 4 nitrogen and oxygen atoms in total. The molecular formula is C16H24FNO3. The molecule has 21 heavy (non-hydrogen) atoms. The second kappa shape index (κ2) is 7.20. The zero-order valence-electron chi connectivity index (χ0n) is 12.6. The van der Waals surface area contributed by atoms with E-state index < -0.39 is 18.0 Å². The monoisotopic (exact) mass is 297 g/mol. The number of aliphatic hydroxyl groups excluding tert-OH is 2. The summed E-state index contributed by atoms with van der Waals surface area (Å²) in [6, 6.07) is 4.58. The third kappa shape index (κ3) is 3.73. The van der Waals surface area contributed by atoms with Crippen molar-refractivity contribution in [1.29, 1.82) is 0 Å². The maximum Gasteiger partial charge on any atom is 0.126 e. The van der Waals surface area contributed by atoms with E-state index in [-0.39, 0.29) is 6.61 Å². The van der Waals surface area contributed by atoms with Gasteiger partial charge in [-0.1, -0.05) is 13.0 Å². The zero-order chi connectivity index (χ0) is 15.4. The standard InChI is InChI=1S/C16H24FNO3/c1-3-8-18(12-5-6-12)16(20)14(10-19)13-7-4-11(17)9-15(13)21-2/h4,7,9,12,14,16,19-20H,3,5-6,8,10H2,1-2H3. The fourth-order valence-corrected chi connectivity index (χ4v) is 2.77. The van der Waals surface area contributed by atoms with Crippen LogP contribution in [0.3, 0.4) is 0 Å². The third-order valence-corrected chi connectivity index (χ3v) is 3.99. The molecule has 2 rings (SSSR count). The van der Waals surface area contributed by atoms with Gasteiger partial charge < -0.3 is 14.9 Å². The van der Waals surface area contributed by atoms with Gasteiger partial charge >= 0.3 is 0 Å². The number of methoxy groups -OCH3 is 1. The molecule has 5 heteroatoms. The molecule has 0 aromatic heterocycles. The highest BCUT2D eigenvalue weighted by Gasteiger charge is 2.37. The van der Waals surface area contributed by atoms with Gasteiger partial charge in [0, 0.05) is 24.2 Å². The number of rotatable bonds is 8. The van der Waals surface area contributed by atoms with Crippen molar-refractivity contribution in [3.63, 3.8) is 0 Å². The van der Waals surface area contributed by atoms with Gasteiger partial charge in [0.1, 0.15) is 17.8 Å². The quantitative estimate of drug-likeness (QED) is 0.722. The average Bonchev–Trinajstić information content (AvgIpc) is 3.31. The Labute approximate surface area is 125 Å². The van der Waals surface area contributed by atoms with E-state index in [0.29, 0.717) is 17.4 Å². The van der Waals surface area contributed by atoms with Crippen LogP contribution in [0.15, 0.2) is 18.2 Å². The Balaban J connectivity index is 2.25. The van der Waals surface area contributed by atoms with Gasteiger partial charge in [-0.15, -0.1) is 0 Å². The SMILES string of the molecule is CCCN(C1CC1)C(O)C(CO)c1ccc(F)cc1OC. The highest BCUT2D eigenvalue weighted by atomic mass is 19.1. The number of hydrogen-bond acceptors (Lipinski definition) is 4. The molecule has 1 aliphatic rings. The minimum Gasteiger partial charge on any atom is -0.496 e. The second-order valence-corrected chi connectivity index (χ2v) is 5.56. The summed E-state index contributed by atoms with van der Waals surface area (Å²) in [6.45, 7) is 2.64.